The van der Waals surface area contributed by atoms with Gasteiger partial charge in [-0.05, 0) is 62.2 Å². The second-order valence-electron chi connectivity index (χ2n) is 5.39. The maximum Gasteiger partial charge on any atom is 0.0940 e. The Kier molecular flexibility index (Phi) is 4.37. The molecule has 1 spiro atoms. The summed E-state index contributed by atoms with van der Waals surface area (Å²) in [5.74, 6) is 0.466. The molecule has 0 radical (unpaired) electrons. The van der Waals surface area contributed by atoms with Gasteiger partial charge in [-0.25, -0.2) is 0 Å². The molecule has 3 nitrogen and oxygen atoms in total. The second kappa shape index (κ2) is 5.73. The van der Waals surface area contributed by atoms with Crippen LogP contribution in [0.2, 0.25) is 0 Å². The van der Waals surface area contributed by atoms with Crippen LogP contribution in [0.1, 0.15) is 30.9 Å². The van der Waals surface area contributed by atoms with Crippen LogP contribution >= 0.6 is 43.2 Å². The zero-order chi connectivity index (χ0) is 13.5. The van der Waals surface area contributed by atoms with Gasteiger partial charge in [0.25, 0.3) is 0 Å². The van der Waals surface area contributed by atoms with Gasteiger partial charge in [0.1, 0.15) is 0 Å². The van der Waals surface area contributed by atoms with Gasteiger partial charge in [0, 0.05) is 25.7 Å². The van der Waals surface area contributed by atoms with Crippen LogP contribution in [-0.2, 0) is 9.47 Å². The topological polar surface area (TPSA) is 44.5 Å². The van der Waals surface area contributed by atoms with Gasteiger partial charge < -0.3 is 15.2 Å². The first-order valence-corrected chi connectivity index (χ1v) is 8.92. The Morgan fingerprint density at radius 1 is 1.42 bits per heavy atom. The monoisotopic (exact) mass is 409 g/mol. The van der Waals surface area contributed by atoms with Crippen LogP contribution in [0.5, 0.6) is 0 Å². The lowest BCUT2D eigenvalue weighted by Gasteiger charge is -2.39. The second-order valence-corrected chi connectivity index (χ2v) is 9.14. The summed E-state index contributed by atoms with van der Waals surface area (Å²) in [7, 11) is 0. The lowest BCUT2D eigenvalue weighted by molar-refractivity contribution is -0.101. The summed E-state index contributed by atoms with van der Waals surface area (Å²) in [6, 6.07) is 2.20. The molecule has 3 atom stereocenters. The fourth-order valence-corrected chi connectivity index (χ4v) is 6.03. The van der Waals surface area contributed by atoms with Crippen molar-refractivity contribution in [2.45, 2.75) is 30.9 Å². The fraction of sp³-hybridized carbons (Fsp3) is 0.692. The molecule has 1 aromatic rings. The highest BCUT2D eigenvalue weighted by Crippen LogP contribution is 2.43. The number of halogens is 2. The molecule has 2 saturated heterocycles. The number of rotatable bonds is 2. The molecule has 19 heavy (non-hydrogen) atoms. The lowest BCUT2D eigenvalue weighted by Crippen LogP contribution is -2.43. The summed E-state index contributed by atoms with van der Waals surface area (Å²) in [6.45, 7) is 2.34. The third-order valence-electron chi connectivity index (χ3n) is 4.15. The summed E-state index contributed by atoms with van der Waals surface area (Å²) < 4.78 is 13.8. The largest absolute Gasteiger partial charge is 0.378 e. The van der Waals surface area contributed by atoms with Crippen LogP contribution in [0.25, 0.3) is 0 Å². The van der Waals surface area contributed by atoms with E-state index in [0.717, 1.165) is 46.7 Å². The van der Waals surface area contributed by atoms with Gasteiger partial charge in [0.15, 0.2) is 0 Å². The minimum absolute atomic E-state index is 0.0679. The number of nitrogens with two attached hydrogens (primary N) is 1. The maximum atomic E-state index is 6.49. The summed E-state index contributed by atoms with van der Waals surface area (Å²) in [5, 5.41) is 0. The van der Waals surface area contributed by atoms with Crippen molar-refractivity contribution in [1.29, 1.82) is 0 Å². The van der Waals surface area contributed by atoms with E-state index in [2.05, 4.69) is 37.9 Å². The van der Waals surface area contributed by atoms with Crippen molar-refractivity contribution in [3.63, 3.8) is 0 Å². The molecule has 0 bridgehead atoms. The fourth-order valence-electron chi connectivity index (χ4n) is 3.07. The molecule has 0 aliphatic carbocycles. The molecule has 0 amide bonds. The minimum atomic E-state index is -0.0692. The predicted octanol–water partition coefficient (Wildman–Crippen LogP) is 3.86. The first-order valence-electron chi connectivity index (χ1n) is 6.52. The zero-order valence-corrected chi connectivity index (χ0v) is 14.5. The Bertz CT molecular complexity index is 459. The van der Waals surface area contributed by atoms with Gasteiger partial charge in [0.2, 0.25) is 0 Å². The molecule has 0 saturated carbocycles. The van der Waals surface area contributed by atoms with Crippen molar-refractivity contribution in [3.8, 4) is 0 Å². The Hall–Kier alpha value is 0.540. The van der Waals surface area contributed by atoms with Crippen molar-refractivity contribution in [2.24, 2.45) is 11.7 Å². The Morgan fingerprint density at radius 3 is 2.89 bits per heavy atom. The first kappa shape index (κ1) is 14.5. The van der Waals surface area contributed by atoms with Crippen molar-refractivity contribution < 1.29 is 9.47 Å². The number of hydrogen-bond acceptors (Lipinski definition) is 4. The quantitative estimate of drug-likeness (QED) is 0.804. The van der Waals surface area contributed by atoms with E-state index in [1.165, 1.54) is 5.56 Å². The van der Waals surface area contributed by atoms with Crippen LogP contribution < -0.4 is 5.73 Å². The van der Waals surface area contributed by atoms with Gasteiger partial charge in [-0.1, -0.05) is 0 Å². The molecular formula is C13H17Br2NO2S. The van der Waals surface area contributed by atoms with Crippen LogP contribution in [0, 0.1) is 5.92 Å². The summed E-state index contributed by atoms with van der Waals surface area (Å²) in [5.41, 5.74) is 7.63. The third kappa shape index (κ3) is 2.94. The van der Waals surface area contributed by atoms with E-state index >= 15 is 0 Å². The van der Waals surface area contributed by atoms with E-state index < -0.39 is 0 Å². The summed E-state index contributed by atoms with van der Waals surface area (Å²) in [4.78, 5) is 0. The first-order chi connectivity index (χ1) is 9.10. The average Bonchev–Trinajstić information content (AvgIpc) is 2.96. The lowest BCUT2D eigenvalue weighted by atomic mass is 9.80. The van der Waals surface area contributed by atoms with Gasteiger partial charge in [-0.15, -0.1) is 11.3 Å². The van der Waals surface area contributed by atoms with E-state index in [4.69, 9.17) is 15.2 Å². The van der Waals surface area contributed by atoms with E-state index in [0.29, 0.717) is 5.92 Å². The van der Waals surface area contributed by atoms with Gasteiger partial charge in [-0.3, -0.25) is 0 Å². The highest BCUT2D eigenvalue weighted by atomic mass is 79.9. The molecule has 6 heteroatoms. The molecule has 2 N–H and O–H groups in total. The Morgan fingerprint density at radius 2 is 2.26 bits per heavy atom. The summed E-state index contributed by atoms with van der Waals surface area (Å²) in [6.07, 6.45) is 3.04. The SMILES string of the molecule is NC(c1cc(Br)sc1Br)C1CCOC2(CCOC2)C1. The maximum absolute atomic E-state index is 6.49. The van der Waals surface area contributed by atoms with Crippen LogP contribution in [-0.4, -0.2) is 25.4 Å². The molecule has 2 aliphatic rings. The minimum Gasteiger partial charge on any atom is -0.378 e. The highest BCUT2D eigenvalue weighted by molar-refractivity contribution is 9.12. The normalized spacial score (nSPS) is 32.9. The highest BCUT2D eigenvalue weighted by Gasteiger charge is 2.42. The average molecular weight is 411 g/mol. The van der Waals surface area contributed by atoms with E-state index in [9.17, 15) is 0 Å². The van der Waals surface area contributed by atoms with Crippen molar-refractivity contribution in [3.05, 3.63) is 19.2 Å². The van der Waals surface area contributed by atoms with Crippen molar-refractivity contribution in [1.82, 2.24) is 0 Å². The van der Waals surface area contributed by atoms with Crippen molar-refractivity contribution in [2.75, 3.05) is 19.8 Å². The van der Waals surface area contributed by atoms with Crippen LogP contribution in [0.4, 0.5) is 0 Å². The van der Waals surface area contributed by atoms with E-state index in [-0.39, 0.29) is 11.6 Å². The molecule has 0 aromatic carbocycles. The molecular weight excluding hydrogens is 394 g/mol. The molecule has 3 unspecified atom stereocenters. The standard InChI is InChI=1S/C13H17Br2NO2S/c14-10-5-9(12(15)19-10)11(16)8-1-3-18-13(6-8)2-4-17-7-13/h5,8,11H,1-4,6-7,16H2. The summed E-state index contributed by atoms with van der Waals surface area (Å²) >= 11 is 8.82. The number of ether oxygens (including phenoxy) is 2. The van der Waals surface area contributed by atoms with Crippen molar-refractivity contribution >= 4 is 43.2 Å². The molecule has 106 valence electrons. The molecule has 3 rings (SSSR count). The Labute approximate surface area is 134 Å². The van der Waals surface area contributed by atoms with Crippen LogP contribution in [0.15, 0.2) is 13.6 Å². The smallest absolute Gasteiger partial charge is 0.0940 e. The number of thiophene rings is 1. The van der Waals surface area contributed by atoms with E-state index in [1.54, 1.807) is 11.3 Å². The molecule has 2 aliphatic heterocycles. The van der Waals surface area contributed by atoms with Gasteiger partial charge >= 0.3 is 0 Å². The molecule has 3 heterocycles. The van der Waals surface area contributed by atoms with E-state index in [1.807, 2.05) is 0 Å². The van der Waals surface area contributed by atoms with Crippen LogP contribution in [0.3, 0.4) is 0 Å². The third-order valence-corrected chi connectivity index (χ3v) is 6.53. The zero-order valence-electron chi connectivity index (χ0n) is 10.5. The number of hydrogen-bond donors (Lipinski definition) is 1. The predicted molar refractivity (Wildman–Crippen MR) is 83.5 cm³/mol. The molecule has 2 fully saturated rings. The van der Waals surface area contributed by atoms with Gasteiger partial charge in [0.05, 0.1) is 19.8 Å². The van der Waals surface area contributed by atoms with Gasteiger partial charge in [-0.2, -0.15) is 0 Å². The molecule has 1 aromatic heterocycles. The Balaban J connectivity index is 1.76.